The number of carbonyl (C=O) groups excluding carboxylic acids is 1. The summed E-state index contributed by atoms with van der Waals surface area (Å²) in [4.78, 5) is 17.6. The number of carbonyl (C=O) groups is 1. The Morgan fingerprint density at radius 3 is 2.65 bits per heavy atom. The van der Waals surface area contributed by atoms with Crippen LogP contribution in [0, 0.1) is 40.9 Å². The summed E-state index contributed by atoms with van der Waals surface area (Å²) < 4.78 is 0. The molecule has 4 aliphatic carbocycles. The molecule has 0 unspecified atom stereocenters. The topological polar surface area (TPSA) is 91.2 Å². The van der Waals surface area contributed by atoms with E-state index in [1.807, 2.05) is 12.1 Å². The summed E-state index contributed by atoms with van der Waals surface area (Å²) in [5.74, 6) is 4.55. The Labute approximate surface area is 220 Å². The van der Waals surface area contributed by atoms with Crippen molar-refractivity contribution in [3.05, 3.63) is 41.5 Å². The zero-order valence-corrected chi connectivity index (χ0v) is 22.1. The maximum atomic E-state index is 12.2. The molecule has 6 heteroatoms. The second kappa shape index (κ2) is 9.83. The number of rotatable bonds is 6. The van der Waals surface area contributed by atoms with E-state index in [9.17, 15) is 15.0 Å². The van der Waals surface area contributed by atoms with Crippen molar-refractivity contribution < 1.29 is 19.8 Å². The van der Waals surface area contributed by atoms with Crippen LogP contribution in [0.1, 0.15) is 70.8 Å². The van der Waals surface area contributed by atoms with Crippen molar-refractivity contribution in [2.24, 2.45) is 33.7 Å². The maximum Gasteiger partial charge on any atom is 0.260 e. The van der Waals surface area contributed by atoms with Gasteiger partial charge in [-0.15, -0.1) is 6.42 Å². The van der Waals surface area contributed by atoms with Crippen LogP contribution >= 0.6 is 0 Å². The molecule has 3 saturated carbocycles. The largest absolute Gasteiger partial charge is 0.508 e. The van der Waals surface area contributed by atoms with E-state index in [2.05, 4.69) is 36.3 Å². The molecular formula is C31H40N2O4. The molecule has 4 aliphatic rings. The van der Waals surface area contributed by atoms with Gasteiger partial charge in [0, 0.05) is 12.0 Å². The Hall–Kier alpha value is -2.78. The number of benzene rings is 1. The predicted octanol–water partition coefficient (Wildman–Crippen LogP) is 4.75. The lowest BCUT2D eigenvalue weighted by Crippen LogP contribution is -2.54. The molecule has 198 valence electrons. The van der Waals surface area contributed by atoms with Crippen molar-refractivity contribution in [1.82, 2.24) is 5.32 Å². The van der Waals surface area contributed by atoms with Crippen LogP contribution in [0.5, 0.6) is 5.75 Å². The van der Waals surface area contributed by atoms with Crippen molar-refractivity contribution in [1.29, 1.82) is 0 Å². The molecule has 3 N–H and O–H groups in total. The van der Waals surface area contributed by atoms with Gasteiger partial charge in [-0.05, 0) is 105 Å². The number of aliphatic hydroxyl groups is 1. The number of phenolic OH excluding ortho intramolecular Hbond substituents is 1. The van der Waals surface area contributed by atoms with E-state index in [1.165, 1.54) is 5.57 Å². The van der Waals surface area contributed by atoms with E-state index in [-0.39, 0.29) is 29.1 Å². The van der Waals surface area contributed by atoms with Crippen LogP contribution < -0.4 is 5.32 Å². The van der Waals surface area contributed by atoms with Crippen LogP contribution in [-0.2, 0) is 16.1 Å². The molecule has 0 aromatic heterocycles. The zero-order valence-electron chi connectivity index (χ0n) is 22.1. The minimum Gasteiger partial charge on any atom is -0.508 e. The highest BCUT2D eigenvalue weighted by Crippen LogP contribution is 2.67. The predicted molar refractivity (Wildman–Crippen MR) is 144 cm³/mol. The SMILES string of the molecule is C#C[C@@]1(O)CC[C@@H]2[C@@H]3CCC4=CC(=NOCC(=O)NCCc5ccc(O)cc5)CC[C@]4(C)[C@@H]3CC[C@]21C. The third-order valence-electron chi connectivity index (χ3n) is 10.4. The third-order valence-corrected chi connectivity index (χ3v) is 10.4. The van der Waals surface area contributed by atoms with Gasteiger partial charge in [0.05, 0.1) is 5.71 Å². The molecule has 6 atom stereocenters. The molecule has 0 radical (unpaired) electrons. The molecule has 0 saturated heterocycles. The molecule has 0 bridgehead atoms. The van der Waals surface area contributed by atoms with E-state index >= 15 is 0 Å². The number of aromatic hydroxyl groups is 1. The molecule has 5 rings (SSSR count). The number of amides is 1. The molecular weight excluding hydrogens is 464 g/mol. The quantitative estimate of drug-likeness (QED) is 0.385. The van der Waals surface area contributed by atoms with Gasteiger partial charge >= 0.3 is 0 Å². The number of fused-ring (bicyclic) bond motifs is 5. The molecule has 1 amide bonds. The molecule has 3 fully saturated rings. The van der Waals surface area contributed by atoms with Crippen molar-refractivity contribution >= 4 is 11.6 Å². The van der Waals surface area contributed by atoms with E-state index < -0.39 is 5.60 Å². The van der Waals surface area contributed by atoms with Crippen LogP contribution in [0.2, 0.25) is 0 Å². The number of phenols is 1. The Kier molecular flexibility index (Phi) is 6.87. The van der Waals surface area contributed by atoms with Crippen molar-refractivity contribution in [2.45, 2.75) is 77.2 Å². The van der Waals surface area contributed by atoms with Crippen molar-refractivity contribution in [2.75, 3.05) is 13.2 Å². The monoisotopic (exact) mass is 504 g/mol. The lowest BCUT2D eigenvalue weighted by atomic mass is 9.46. The third kappa shape index (κ3) is 4.56. The van der Waals surface area contributed by atoms with Crippen molar-refractivity contribution in [3.63, 3.8) is 0 Å². The fourth-order valence-corrected chi connectivity index (χ4v) is 8.13. The van der Waals surface area contributed by atoms with Gasteiger partial charge in [0.2, 0.25) is 0 Å². The summed E-state index contributed by atoms with van der Waals surface area (Å²) in [6, 6.07) is 6.98. The van der Waals surface area contributed by atoms with Gasteiger partial charge in [-0.3, -0.25) is 4.79 Å². The summed E-state index contributed by atoms with van der Waals surface area (Å²) in [5, 5.41) is 27.7. The second-order valence-electron chi connectivity index (χ2n) is 12.1. The van der Waals surface area contributed by atoms with Crippen LogP contribution in [0.25, 0.3) is 0 Å². The van der Waals surface area contributed by atoms with E-state index in [4.69, 9.17) is 11.3 Å². The molecule has 0 heterocycles. The van der Waals surface area contributed by atoms with Gasteiger partial charge in [0.15, 0.2) is 6.61 Å². The first-order valence-corrected chi connectivity index (χ1v) is 13.8. The smallest absolute Gasteiger partial charge is 0.260 e. The first kappa shape index (κ1) is 25.9. The minimum atomic E-state index is -0.957. The fraction of sp³-hybridized carbons (Fsp3) is 0.613. The lowest BCUT2D eigenvalue weighted by Gasteiger charge is -2.58. The Morgan fingerprint density at radius 1 is 1.14 bits per heavy atom. The van der Waals surface area contributed by atoms with Gasteiger partial charge in [-0.1, -0.05) is 42.6 Å². The standard InChI is InChI=1S/C31H40N2O4/c1-4-31(36)17-13-27-25-10-7-22-19-23(11-15-29(22,2)26(25)12-16-30(27,31)3)33-37-20-28(35)32-18-14-21-5-8-24(34)9-6-21/h1,5-6,8-9,19,25-27,34,36H,7,10-18,20H2,2-3H3,(H,32,35)/t25-,26-,27-,29+,30-,31-/m1/s1. The van der Waals surface area contributed by atoms with Gasteiger partial charge in [-0.2, -0.15) is 0 Å². The Bertz CT molecular complexity index is 1130. The van der Waals surface area contributed by atoms with Crippen LogP contribution in [0.3, 0.4) is 0 Å². The second-order valence-corrected chi connectivity index (χ2v) is 12.1. The van der Waals surface area contributed by atoms with Gasteiger partial charge in [-0.25, -0.2) is 0 Å². The first-order chi connectivity index (χ1) is 17.7. The number of allylic oxidation sites excluding steroid dienone is 2. The highest BCUT2D eigenvalue weighted by molar-refractivity contribution is 5.96. The Balaban J connectivity index is 1.16. The highest BCUT2D eigenvalue weighted by Gasteiger charge is 2.63. The van der Waals surface area contributed by atoms with E-state index in [0.29, 0.717) is 30.7 Å². The summed E-state index contributed by atoms with van der Waals surface area (Å²) in [6.07, 6.45) is 16.7. The number of hydrogen-bond donors (Lipinski definition) is 3. The van der Waals surface area contributed by atoms with Gasteiger partial charge in [0.25, 0.3) is 5.91 Å². The average Bonchev–Trinajstić information content (AvgIpc) is 3.16. The number of hydrogen-bond acceptors (Lipinski definition) is 5. The maximum absolute atomic E-state index is 12.2. The number of nitrogens with zero attached hydrogens (tertiary/aromatic N) is 1. The summed E-state index contributed by atoms with van der Waals surface area (Å²) in [6.45, 7) is 5.08. The molecule has 0 aliphatic heterocycles. The van der Waals surface area contributed by atoms with E-state index in [0.717, 1.165) is 62.6 Å². The van der Waals surface area contributed by atoms with Crippen LogP contribution in [0.4, 0.5) is 0 Å². The van der Waals surface area contributed by atoms with Gasteiger partial charge in [0.1, 0.15) is 11.4 Å². The molecule has 1 aromatic rings. The van der Waals surface area contributed by atoms with Crippen molar-refractivity contribution in [3.8, 4) is 18.1 Å². The first-order valence-electron chi connectivity index (χ1n) is 13.8. The highest BCUT2D eigenvalue weighted by atomic mass is 16.6. The molecule has 1 aromatic carbocycles. The number of oxime groups is 1. The lowest BCUT2D eigenvalue weighted by molar-refractivity contribution is -0.125. The van der Waals surface area contributed by atoms with E-state index in [1.54, 1.807) is 12.1 Å². The van der Waals surface area contributed by atoms with Gasteiger partial charge < -0.3 is 20.4 Å². The minimum absolute atomic E-state index is 0.0947. The van der Waals surface area contributed by atoms with Crippen LogP contribution in [0.15, 0.2) is 41.1 Å². The zero-order chi connectivity index (χ0) is 26.3. The number of terminal acetylenes is 1. The summed E-state index contributed by atoms with van der Waals surface area (Å²) in [5.41, 5.74) is 2.47. The molecule has 6 nitrogen and oxygen atoms in total. The molecule has 0 spiro atoms. The fourth-order valence-electron chi connectivity index (χ4n) is 8.13. The Morgan fingerprint density at radius 2 is 1.89 bits per heavy atom. The summed E-state index contributed by atoms with van der Waals surface area (Å²) >= 11 is 0. The molecule has 37 heavy (non-hydrogen) atoms. The summed E-state index contributed by atoms with van der Waals surface area (Å²) in [7, 11) is 0. The normalized spacial score (nSPS) is 37.5. The average molecular weight is 505 g/mol. The van der Waals surface area contributed by atoms with Crippen LogP contribution in [-0.4, -0.2) is 40.6 Å². The number of nitrogens with one attached hydrogen (secondary N) is 1.